The van der Waals surface area contributed by atoms with Gasteiger partial charge in [0.05, 0.1) is 24.1 Å². The van der Waals surface area contributed by atoms with Gasteiger partial charge in [0, 0.05) is 32.0 Å². The van der Waals surface area contributed by atoms with E-state index in [1.165, 1.54) is 19.3 Å². The number of hydrogen-bond donors (Lipinski definition) is 0. The Hall–Kier alpha value is -0.770. The van der Waals surface area contributed by atoms with Gasteiger partial charge in [0.1, 0.15) is 0 Å². The van der Waals surface area contributed by atoms with Crippen LogP contribution in [0.2, 0.25) is 0 Å². The minimum atomic E-state index is -3.68. The zero-order chi connectivity index (χ0) is 22.9. The highest BCUT2D eigenvalue weighted by Gasteiger charge is 2.54. The van der Waals surface area contributed by atoms with Crippen LogP contribution in [-0.2, 0) is 23.8 Å². The summed E-state index contributed by atoms with van der Waals surface area (Å²) in [5.74, 6) is 1.56. The van der Waals surface area contributed by atoms with Crippen LogP contribution >= 0.6 is 0 Å². The first kappa shape index (κ1) is 24.4. The molecule has 4 saturated carbocycles. The van der Waals surface area contributed by atoms with Gasteiger partial charge in [-0.25, -0.2) is 0 Å². The van der Waals surface area contributed by atoms with E-state index in [-0.39, 0.29) is 35.6 Å². The molecular weight excluding hydrogens is 434 g/mol. The van der Waals surface area contributed by atoms with Gasteiger partial charge in [-0.3, -0.25) is 14.3 Å². The summed E-state index contributed by atoms with van der Waals surface area (Å²) in [7, 11) is -0.0986. The van der Waals surface area contributed by atoms with Gasteiger partial charge < -0.3 is 9.47 Å². The van der Waals surface area contributed by atoms with E-state index in [4.69, 9.17) is 13.7 Å². The van der Waals surface area contributed by atoms with Gasteiger partial charge in [-0.15, -0.1) is 0 Å². The summed E-state index contributed by atoms with van der Waals surface area (Å²) in [4.78, 5) is 10.7. The van der Waals surface area contributed by atoms with Gasteiger partial charge >= 0.3 is 0 Å². The first-order chi connectivity index (χ1) is 15.4. The highest BCUT2D eigenvalue weighted by atomic mass is 32.2. The van der Waals surface area contributed by atoms with Crippen molar-refractivity contribution in [2.75, 3.05) is 20.8 Å². The number of fused-ring (bicyclic) bond motifs is 2. The molecule has 0 heterocycles. The molecule has 4 fully saturated rings. The average Bonchev–Trinajstić information content (AvgIpc) is 2.81. The molecule has 0 aromatic heterocycles. The topological polar surface area (TPSA) is 105 Å². The second-order valence-corrected chi connectivity index (χ2v) is 12.4. The van der Waals surface area contributed by atoms with E-state index in [0.29, 0.717) is 56.3 Å². The van der Waals surface area contributed by atoms with Crippen molar-refractivity contribution < 1.29 is 27.0 Å². The molecule has 8 nitrogen and oxygen atoms in total. The summed E-state index contributed by atoms with van der Waals surface area (Å²) < 4.78 is 43.8. The monoisotopic (exact) mass is 473 g/mol. The normalized spacial score (nSPS) is 42.6. The van der Waals surface area contributed by atoms with Crippen LogP contribution < -0.4 is 0 Å². The molecule has 0 aliphatic heterocycles. The van der Waals surface area contributed by atoms with Crippen LogP contribution in [0.25, 0.3) is 0 Å². The lowest BCUT2D eigenvalue weighted by molar-refractivity contribution is -0.527. The van der Waals surface area contributed by atoms with Crippen LogP contribution in [-0.4, -0.2) is 57.7 Å². The maximum atomic E-state index is 13.1. The Morgan fingerprint density at radius 1 is 0.812 bits per heavy atom. The fraction of sp³-hybridized carbons (Fsp3) is 1.00. The molecule has 0 spiro atoms. The predicted octanol–water partition coefficient (Wildman–Crippen LogP) is 3.80. The Balaban J connectivity index is 1.39. The highest BCUT2D eigenvalue weighted by molar-refractivity contribution is 7.87. The van der Waals surface area contributed by atoms with E-state index in [9.17, 15) is 18.5 Å². The molecule has 7 unspecified atom stereocenters. The van der Waals surface area contributed by atoms with E-state index >= 15 is 0 Å². The van der Waals surface area contributed by atoms with Crippen LogP contribution in [0.15, 0.2) is 0 Å². The molecule has 7 atom stereocenters. The van der Waals surface area contributed by atoms with Crippen LogP contribution in [0.4, 0.5) is 0 Å². The van der Waals surface area contributed by atoms with Crippen molar-refractivity contribution in [3.8, 4) is 0 Å². The summed E-state index contributed by atoms with van der Waals surface area (Å²) in [6.45, 7) is 0.149. The van der Waals surface area contributed by atoms with Crippen LogP contribution in [0.5, 0.6) is 0 Å². The van der Waals surface area contributed by atoms with Gasteiger partial charge in [0.15, 0.2) is 0 Å². The van der Waals surface area contributed by atoms with Gasteiger partial charge in [-0.2, -0.15) is 8.42 Å². The molecule has 4 aliphatic carbocycles. The number of ether oxygens (including phenoxy) is 2. The molecule has 184 valence electrons. The Morgan fingerprint density at radius 2 is 1.38 bits per heavy atom. The summed E-state index contributed by atoms with van der Waals surface area (Å²) in [6.07, 6.45) is 9.35. The molecule has 0 saturated heterocycles. The average molecular weight is 474 g/mol. The fourth-order valence-corrected chi connectivity index (χ4v) is 8.84. The third-order valence-corrected chi connectivity index (χ3v) is 10.7. The molecular formula is C23H39NO7S. The molecule has 0 radical (unpaired) electrons. The summed E-state index contributed by atoms with van der Waals surface area (Å²) >= 11 is 0. The van der Waals surface area contributed by atoms with Gasteiger partial charge in [-0.05, 0) is 74.5 Å². The Morgan fingerprint density at radius 3 is 1.94 bits per heavy atom. The van der Waals surface area contributed by atoms with Crippen molar-refractivity contribution in [1.29, 1.82) is 0 Å². The molecule has 4 aliphatic rings. The highest BCUT2D eigenvalue weighted by Crippen LogP contribution is 2.53. The Labute approximate surface area is 192 Å². The molecule has 0 N–H and O–H groups in total. The smallest absolute Gasteiger partial charge is 0.270 e. The van der Waals surface area contributed by atoms with Gasteiger partial charge in [0.2, 0.25) is 6.04 Å². The fourth-order valence-electron chi connectivity index (χ4n) is 7.38. The summed E-state index contributed by atoms with van der Waals surface area (Å²) in [5, 5.41) is 10.4. The van der Waals surface area contributed by atoms with Crippen LogP contribution in [0.3, 0.4) is 0 Å². The van der Waals surface area contributed by atoms with E-state index in [1.807, 2.05) is 0 Å². The number of nitro groups is 1. The second kappa shape index (κ2) is 10.2. The van der Waals surface area contributed by atoms with Crippen molar-refractivity contribution in [3.05, 3.63) is 10.1 Å². The molecule has 4 rings (SSSR count). The lowest BCUT2D eigenvalue weighted by atomic mass is 9.56. The summed E-state index contributed by atoms with van der Waals surface area (Å²) in [6, 6.07) is -0.493. The first-order valence-corrected chi connectivity index (χ1v) is 13.9. The Bertz CT molecular complexity index is 743. The largest absolute Gasteiger partial charge is 0.381 e. The number of rotatable bonds is 7. The van der Waals surface area contributed by atoms with Crippen molar-refractivity contribution in [1.82, 2.24) is 0 Å². The zero-order valence-electron chi connectivity index (χ0n) is 19.4. The zero-order valence-corrected chi connectivity index (χ0v) is 20.2. The predicted molar refractivity (Wildman–Crippen MR) is 119 cm³/mol. The minimum absolute atomic E-state index is 0.0830. The Kier molecular flexibility index (Phi) is 7.79. The lowest BCUT2D eigenvalue weighted by Crippen LogP contribution is -2.57. The second-order valence-electron chi connectivity index (χ2n) is 10.5. The molecule has 0 bridgehead atoms. The summed E-state index contributed by atoms with van der Waals surface area (Å²) in [5.41, 5.74) is 0. The maximum Gasteiger partial charge on any atom is 0.270 e. The van der Waals surface area contributed by atoms with E-state index < -0.39 is 21.4 Å². The third kappa shape index (κ3) is 4.86. The van der Waals surface area contributed by atoms with Gasteiger partial charge in [-0.1, -0.05) is 12.8 Å². The SMILES string of the molecule is COC1C2CCCCC2C(OC)C2CC(S(=O)(=O)OCC3CCC([N+](=O)[O-])CC3)CCC21. The van der Waals surface area contributed by atoms with Crippen molar-refractivity contribution >= 4 is 10.1 Å². The van der Waals surface area contributed by atoms with Crippen molar-refractivity contribution in [3.63, 3.8) is 0 Å². The standard InChI is InChI=1S/C23H39NO7S/c1-29-22-18-5-3-4-6-19(18)23(30-2)21-13-17(11-12-20(21)22)32(27,28)31-14-15-7-9-16(10-8-15)24(25)26/h15-23H,3-14H2,1-2H3. The van der Waals surface area contributed by atoms with Crippen molar-refractivity contribution in [2.24, 2.45) is 29.6 Å². The lowest BCUT2D eigenvalue weighted by Gasteiger charge is -2.55. The van der Waals surface area contributed by atoms with E-state index in [2.05, 4.69) is 0 Å². The number of nitrogens with zero attached hydrogens (tertiary/aromatic N) is 1. The molecule has 0 amide bonds. The number of hydrogen-bond acceptors (Lipinski definition) is 7. The molecule has 32 heavy (non-hydrogen) atoms. The molecule has 0 aromatic rings. The van der Waals surface area contributed by atoms with Crippen LogP contribution in [0.1, 0.15) is 70.6 Å². The quantitative estimate of drug-likeness (QED) is 0.314. The maximum absolute atomic E-state index is 13.1. The number of methoxy groups -OCH3 is 2. The van der Waals surface area contributed by atoms with Crippen molar-refractivity contribution in [2.45, 2.75) is 94.1 Å². The first-order valence-electron chi connectivity index (χ1n) is 12.4. The van der Waals surface area contributed by atoms with E-state index in [0.717, 1.165) is 12.8 Å². The molecule has 0 aromatic carbocycles. The van der Waals surface area contributed by atoms with Crippen LogP contribution in [0, 0.1) is 39.7 Å². The molecule has 9 heteroatoms. The minimum Gasteiger partial charge on any atom is -0.381 e. The van der Waals surface area contributed by atoms with E-state index in [1.54, 1.807) is 14.2 Å². The van der Waals surface area contributed by atoms with Gasteiger partial charge in [0.25, 0.3) is 10.1 Å². The third-order valence-electron chi connectivity index (χ3n) is 9.00.